The normalized spacial score (nSPS) is 12.3. The summed E-state index contributed by atoms with van der Waals surface area (Å²) >= 11 is 0. The molecule has 0 rings (SSSR count). The summed E-state index contributed by atoms with van der Waals surface area (Å²) in [6.45, 7) is 6.58. The molecule has 0 spiro atoms. The molecule has 0 N–H and O–H groups in total. The predicted molar refractivity (Wildman–Crippen MR) is 242 cm³/mol. The Labute approximate surface area is 353 Å². The van der Waals surface area contributed by atoms with Gasteiger partial charge in [0.2, 0.25) is 0 Å². The van der Waals surface area contributed by atoms with E-state index in [-0.39, 0.29) is 31.1 Å². The fourth-order valence-electron chi connectivity index (χ4n) is 6.92. The zero-order valence-corrected chi connectivity index (χ0v) is 37.9. The molecule has 0 saturated carbocycles. The molecule has 332 valence electrons. The van der Waals surface area contributed by atoms with Crippen molar-refractivity contribution in [2.75, 3.05) is 13.2 Å². The van der Waals surface area contributed by atoms with Gasteiger partial charge >= 0.3 is 17.9 Å². The third-order valence-corrected chi connectivity index (χ3v) is 10.6. The maximum absolute atomic E-state index is 12.7. The fraction of sp³-hybridized carbons (Fsp3) is 0.824. The number of carbonyl (C=O) groups is 3. The second kappa shape index (κ2) is 46.3. The molecule has 0 bridgehead atoms. The Hall–Kier alpha value is -2.37. The molecule has 0 fully saturated rings. The third-order valence-electron chi connectivity index (χ3n) is 10.6. The van der Waals surface area contributed by atoms with Gasteiger partial charge in [-0.05, 0) is 57.8 Å². The van der Waals surface area contributed by atoms with E-state index in [1.165, 1.54) is 128 Å². The summed E-state index contributed by atoms with van der Waals surface area (Å²) in [5.41, 5.74) is 0. The van der Waals surface area contributed by atoms with Crippen LogP contribution in [0.25, 0.3) is 0 Å². The number of ether oxygens (including phenoxy) is 3. The van der Waals surface area contributed by atoms with Gasteiger partial charge in [-0.3, -0.25) is 14.4 Å². The molecule has 0 aliphatic carbocycles. The van der Waals surface area contributed by atoms with E-state index in [1.807, 2.05) is 0 Å². The number of unbranched alkanes of at least 4 members (excludes halogenated alkanes) is 27. The van der Waals surface area contributed by atoms with Gasteiger partial charge in [0.1, 0.15) is 13.2 Å². The fourth-order valence-corrected chi connectivity index (χ4v) is 6.92. The Morgan fingerprint density at radius 3 is 1.02 bits per heavy atom. The SMILES string of the molecule is CCCCC/C=C\C/C=C\C/C=C\CCCCCCC(=O)OC[C@H](COC(=O)CCCCCCCCCCCCC)OC(=O)CCCCCCCCCCCCC. The van der Waals surface area contributed by atoms with Crippen LogP contribution in [-0.2, 0) is 28.6 Å². The van der Waals surface area contributed by atoms with Gasteiger partial charge in [0, 0.05) is 19.3 Å². The van der Waals surface area contributed by atoms with Crippen LogP contribution >= 0.6 is 0 Å². The lowest BCUT2D eigenvalue weighted by atomic mass is 10.1. The minimum atomic E-state index is -0.774. The highest BCUT2D eigenvalue weighted by Gasteiger charge is 2.19. The van der Waals surface area contributed by atoms with E-state index in [2.05, 4.69) is 57.2 Å². The largest absolute Gasteiger partial charge is 0.462 e. The summed E-state index contributed by atoms with van der Waals surface area (Å²) in [6.07, 6.45) is 52.6. The molecule has 6 nitrogen and oxygen atoms in total. The van der Waals surface area contributed by atoms with Crippen molar-refractivity contribution in [2.24, 2.45) is 0 Å². The molecule has 1 atom stereocenters. The van der Waals surface area contributed by atoms with E-state index in [0.29, 0.717) is 19.3 Å². The second-order valence-electron chi connectivity index (χ2n) is 16.4. The highest BCUT2D eigenvalue weighted by Crippen LogP contribution is 2.15. The van der Waals surface area contributed by atoms with E-state index >= 15 is 0 Å². The average molecular weight is 801 g/mol. The van der Waals surface area contributed by atoms with Crippen molar-refractivity contribution in [2.45, 2.75) is 258 Å². The van der Waals surface area contributed by atoms with Gasteiger partial charge in [0.15, 0.2) is 6.10 Å². The van der Waals surface area contributed by atoms with Gasteiger partial charge in [-0.25, -0.2) is 0 Å². The molecule has 0 aromatic carbocycles. The molecule has 0 saturated heterocycles. The molecule has 0 radical (unpaired) electrons. The Morgan fingerprint density at radius 2 is 0.632 bits per heavy atom. The highest BCUT2D eigenvalue weighted by atomic mass is 16.6. The van der Waals surface area contributed by atoms with Gasteiger partial charge in [-0.2, -0.15) is 0 Å². The monoisotopic (exact) mass is 801 g/mol. The molecular weight excluding hydrogens is 709 g/mol. The third kappa shape index (κ3) is 44.6. The van der Waals surface area contributed by atoms with Gasteiger partial charge in [0.05, 0.1) is 0 Å². The van der Waals surface area contributed by atoms with Crippen molar-refractivity contribution in [3.8, 4) is 0 Å². The van der Waals surface area contributed by atoms with Crippen LogP contribution in [0.5, 0.6) is 0 Å². The van der Waals surface area contributed by atoms with Crippen LogP contribution in [0, 0.1) is 0 Å². The lowest BCUT2D eigenvalue weighted by Gasteiger charge is -2.18. The van der Waals surface area contributed by atoms with Crippen molar-refractivity contribution < 1.29 is 28.6 Å². The first-order chi connectivity index (χ1) is 28.0. The first kappa shape index (κ1) is 54.6. The summed E-state index contributed by atoms with van der Waals surface area (Å²) in [6, 6.07) is 0. The lowest BCUT2D eigenvalue weighted by Crippen LogP contribution is -2.30. The number of carbonyl (C=O) groups excluding carboxylic acids is 3. The van der Waals surface area contributed by atoms with E-state index in [4.69, 9.17) is 14.2 Å². The molecule has 6 heteroatoms. The predicted octanol–water partition coefficient (Wildman–Crippen LogP) is 15.8. The van der Waals surface area contributed by atoms with Gasteiger partial charge in [-0.1, -0.05) is 211 Å². The maximum atomic E-state index is 12.7. The summed E-state index contributed by atoms with van der Waals surface area (Å²) in [5, 5.41) is 0. The molecule has 0 aliphatic heterocycles. The highest BCUT2D eigenvalue weighted by molar-refractivity contribution is 5.71. The van der Waals surface area contributed by atoms with Crippen LogP contribution in [0.1, 0.15) is 252 Å². The van der Waals surface area contributed by atoms with Crippen LogP contribution in [0.15, 0.2) is 36.5 Å². The molecule has 0 heterocycles. The van der Waals surface area contributed by atoms with Gasteiger partial charge in [-0.15, -0.1) is 0 Å². The number of hydrogen-bond acceptors (Lipinski definition) is 6. The van der Waals surface area contributed by atoms with Crippen LogP contribution in [0.2, 0.25) is 0 Å². The van der Waals surface area contributed by atoms with E-state index in [0.717, 1.165) is 83.5 Å². The standard InChI is InChI=1S/C51H92O6/c1-4-7-10-13-16-19-22-23-24-25-26-27-30-32-35-38-41-44-50(53)56-47-48(57-51(54)45-42-39-36-33-29-21-18-15-12-9-6-3)46-55-49(52)43-40-37-34-31-28-20-17-14-11-8-5-2/h16,19,23-24,26-27,48H,4-15,17-18,20-22,25,28-47H2,1-3H3/b19-16-,24-23-,27-26-/t48-/m0/s1. The maximum Gasteiger partial charge on any atom is 0.306 e. The van der Waals surface area contributed by atoms with Crippen molar-refractivity contribution in [1.82, 2.24) is 0 Å². The summed E-state index contributed by atoms with van der Waals surface area (Å²) < 4.78 is 16.7. The average Bonchev–Trinajstić information content (AvgIpc) is 3.21. The summed E-state index contributed by atoms with van der Waals surface area (Å²) in [7, 11) is 0. The summed E-state index contributed by atoms with van der Waals surface area (Å²) in [4.78, 5) is 37.8. The van der Waals surface area contributed by atoms with E-state index in [9.17, 15) is 14.4 Å². The topological polar surface area (TPSA) is 78.9 Å². The van der Waals surface area contributed by atoms with Crippen LogP contribution < -0.4 is 0 Å². The molecule has 0 aliphatic rings. The van der Waals surface area contributed by atoms with Crippen molar-refractivity contribution >= 4 is 17.9 Å². The molecular formula is C51H92O6. The molecule has 57 heavy (non-hydrogen) atoms. The van der Waals surface area contributed by atoms with Crippen LogP contribution in [0.3, 0.4) is 0 Å². The smallest absolute Gasteiger partial charge is 0.306 e. The number of rotatable bonds is 44. The Balaban J connectivity index is 4.36. The Bertz CT molecular complexity index is 969. The quantitative estimate of drug-likeness (QED) is 0.0264. The van der Waals surface area contributed by atoms with Gasteiger partial charge in [0.25, 0.3) is 0 Å². The van der Waals surface area contributed by atoms with E-state index < -0.39 is 6.10 Å². The first-order valence-corrected chi connectivity index (χ1v) is 24.5. The number of esters is 3. The Kier molecular flexibility index (Phi) is 44.4. The molecule has 0 aromatic heterocycles. The van der Waals surface area contributed by atoms with Crippen molar-refractivity contribution in [3.05, 3.63) is 36.5 Å². The molecule has 0 amide bonds. The zero-order valence-electron chi connectivity index (χ0n) is 37.9. The first-order valence-electron chi connectivity index (χ1n) is 24.5. The van der Waals surface area contributed by atoms with Crippen molar-refractivity contribution in [1.29, 1.82) is 0 Å². The zero-order chi connectivity index (χ0) is 41.5. The number of hydrogen-bond donors (Lipinski definition) is 0. The van der Waals surface area contributed by atoms with Crippen LogP contribution in [0.4, 0.5) is 0 Å². The second-order valence-corrected chi connectivity index (χ2v) is 16.4. The van der Waals surface area contributed by atoms with Crippen molar-refractivity contribution in [3.63, 3.8) is 0 Å². The van der Waals surface area contributed by atoms with E-state index in [1.54, 1.807) is 0 Å². The minimum absolute atomic E-state index is 0.0758. The molecule has 0 unspecified atom stereocenters. The number of allylic oxidation sites excluding steroid dienone is 6. The summed E-state index contributed by atoms with van der Waals surface area (Å²) in [5.74, 6) is -0.893. The Morgan fingerprint density at radius 1 is 0.351 bits per heavy atom. The van der Waals surface area contributed by atoms with Crippen LogP contribution in [-0.4, -0.2) is 37.2 Å². The minimum Gasteiger partial charge on any atom is -0.462 e. The van der Waals surface area contributed by atoms with Gasteiger partial charge < -0.3 is 14.2 Å². The molecule has 0 aromatic rings. The lowest BCUT2D eigenvalue weighted by molar-refractivity contribution is -0.167.